The molecular formula is C19H20BrN5O2S. The third kappa shape index (κ3) is 5.06. The fourth-order valence-electron chi connectivity index (χ4n) is 2.53. The third-order valence-electron chi connectivity index (χ3n) is 3.85. The summed E-state index contributed by atoms with van der Waals surface area (Å²) in [6, 6.07) is 11.8. The number of amidine groups is 1. The monoisotopic (exact) mass is 461 g/mol. The summed E-state index contributed by atoms with van der Waals surface area (Å²) < 4.78 is 6.62. The van der Waals surface area contributed by atoms with E-state index >= 15 is 0 Å². The van der Waals surface area contributed by atoms with Gasteiger partial charge in [-0.3, -0.25) is 16.1 Å². The molecule has 0 aliphatic heterocycles. The van der Waals surface area contributed by atoms with Crippen LogP contribution in [0.15, 0.2) is 47.1 Å². The van der Waals surface area contributed by atoms with Crippen molar-refractivity contribution < 1.29 is 9.94 Å². The average Bonchev–Trinajstić information content (AvgIpc) is 3.13. The largest absolute Gasteiger partial charge is 0.492 e. The summed E-state index contributed by atoms with van der Waals surface area (Å²) in [6.07, 6.45) is 2.57. The van der Waals surface area contributed by atoms with Gasteiger partial charge in [0.2, 0.25) is 0 Å². The minimum atomic E-state index is -0.122. The zero-order valence-corrected chi connectivity index (χ0v) is 17.6. The zero-order valence-electron chi connectivity index (χ0n) is 15.2. The first-order chi connectivity index (χ1) is 13.6. The van der Waals surface area contributed by atoms with Crippen molar-refractivity contribution >= 4 is 38.9 Å². The minimum absolute atomic E-state index is 0.122. The highest BCUT2D eigenvalue weighted by Crippen LogP contribution is 2.35. The van der Waals surface area contributed by atoms with Gasteiger partial charge in [-0.15, -0.1) is 11.3 Å². The second-order valence-corrected chi connectivity index (χ2v) is 7.76. The van der Waals surface area contributed by atoms with E-state index in [1.165, 1.54) is 16.9 Å². The van der Waals surface area contributed by atoms with E-state index in [-0.39, 0.29) is 5.84 Å². The van der Waals surface area contributed by atoms with Crippen molar-refractivity contribution in [2.45, 2.75) is 13.3 Å². The van der Waals surface area contributed by atoms with Crippen LogP contribution in [0, 0.1) is 5.41 Å². The van der Waals surface area contributed by atoms with E-state index in [2.05, 4.69) is 43.3 Å². The number of ether oxygens (including phenoxy) is 1. The van der Waals surface area contributed by atoms with Crippen molar-refractivity contribution in [3.05, 3.63) is 57.5 Å². The number of hydrogen-bond acceptors (Lipinski definition) is 7. The molecule has 0 saturated carbocycles. The van der Waals surface area contributed by atoms with Gasteiger partial charge in [-0.05, 0) is 37.1 Å². The summed E-state index contributed by atoms with van der Waals surface area (Å²) in [7, 11) is 0. The molecule has 7 nitrogen and oxygen atoms in total. The number of rotatable bonds is 8. The summed E-state index contributed by atoms with van der Waals surface area (Å²) in [6.45, 7) is 3.07. The molecular weight excluding hydrogens is 442 g/mol. The Labute approximate surface area is 175 Å². The molecule has 0 aliphatic rings. The fraction of sp³-hybridized carbons (Fsp3) is 0.211. The van der Waals surface area contributed by atoms with Gasteiger partial charge in [0.05, 0.1) is 11.5 Å². The van der Waals surface area contributed by atoms with Crippen LogP contribution in [0.1, 0.15) is 17.4 Å². The van der Waals surface area contributed by atoms with Crippen molar-refractivity contribution in [3.8, 4) is 16.5 Å². The molecule has 0 fully saturated rings. The molecule has 4 N–H and O–H groups in total. The van der Waals surface area contributed by atoms with Crippen LogP contribution < -0.4 is 15.5 Å². The number of thiophene rings is 1. The molecule has 0 radical (unpaired) electrons. The molecule has 0 aliphatic carbocycles. The summed E-state index contributed by atoms with van der Waals surface area (Å²) in [5.74, 6) is 1.66. The van der Waals surface area contributed by atoms with Gasteiger partial charge in [-0.1, -0.05) is 28.1 Å². The molecule has 3 rings (SSSR count). The first-order valence-electron chi connectivity index (χ1n) is 8.68. The standard InChI is InChI=1S/C19H20BrN5O2S/c1-2-27-14-11-15(28-17(14)18(21)25-26)19-23-10-8-16(24-19)22-9-7-12-3-5-13(20)6-4-12/h3-6,8,10-11,26H,2,7,9H2,1H3,(H2,21,25)(H,22,23,24). The van der Waals surface area contributed by atoms with Gasteiger partial charge in [-0.2, -0.15) is 0 Å². The number of aromatic nitrogens is 2. The molecule has 0 bridgehead atoms. The van der Waals surface area contributed by atoms with Crippen LogP contribution in [0.4, 0.5) is 5.82 Å². The Morgan fingerprint density at radius 3 is 2.79 bits per heavy atom. The van der Waals surface area contributed by atoms with E-state index in [0.29, 0.717) is 23.1 Å². The van der Waals surface area contributed by atoms with E-state index in [1.807, 2.05) is 30.6 Å². The summed E-state index contributed by atoms with van der Waals surface area (Å²) >= 11 is 4.73. The zero-order chi connectivity index (χ0) is 19.9. The number of nitrogens with one attached hydrogen (secondary N) is 3. The van der Waals surface area contributed by atoms with Gasteiger partial charge in [0.15, 0.2) is 11.7 Å². The van der Waals surface area contributed by atoms with Crippen molar-refractivity contribution in [1.29, 1.82) is 5.41 Å². The number of halogens is 1. The molecule has 0 saturated heterocycles. The molecule has 3 aromatic rings. The highest BCUT2D eigenvalue weighted by Gasteiger charge is 2.17. The summed E-state index contributed by atoms with van der Waals surface area (Å²) in [5.41, 5.74) is 3.10. The van der Waals surface area contributed by atoms with E-state index in [0.717, 1.165) is 28.1 Å². The lowest BCUT2D eigenvalue weighted by atomic mass is 10.1. The Kier molecular flexibility index (Phi) is 6.96. The highest BCUT2D eigenvalue weighted by molar-refractivity contribution is 9.10. The van der Waals surface area contributed by atoms with Crippen LogP contribution >= 0.6 is 27.3 Å². The third-order valence-corrected chi connectivity index (χ3v) is 5.50. The molecule has 0 unspecified atom stereocenters. The molecule has 9 heteroatoms. The first kappa shape index (κ1) is 20.2. The number of benzene rings is 1. The maximum absolute atomic E-state index is 9.04. The summed E-state index contributed by atoms with van der Waals surface area (Å²) in [5, 5.41) is 20.2. The van der Waals surface area contributed by atoms with Crippen LogP contribution in [0.25, 0.3) is 10.7 Å². The van der Waals surface area contributed by atoms with Gasteiger partial charge in [0, 0.05) is 23.3 Å². The van der Waals surface area contributed by atoms with Crippen molar-refractivity contribution in [3.63, 3.8) is 0 Å². The summed E-state index contributed by atoms with van der Waals surface area (Å²) in [4.78, 5) is 10.1. The fourth-order valence-corrected chi connectivity index (χ4v) is 3.74. The van der Waals surface area contributed by atoms with E-state index in [4.69, 9.17) is 15.4 Å². The molecule has 0 atom stereocenters. The normalized spacial score (nSPS) is 10.5. The molecule has 146 valence electrons. The second-order valence-electron chi connectivity index (χ2n) is 5.79. The molecule has 28 heavy (non-hydrogen) atoms. The highest BCUT2D eigenvalue weighted by atomic mass is 79.9. The number of nitrogens with zero attached hydrogens (tertiary/aromatic N) is 2. The Morgan fingerprint density at radius 1 is 1.29 bits per heavy atom. The smallest absolute Gasteiger partial charge is 0.171 e. The Morgan fingerprint density at radius 2 is 2.07 bits per heavy atom. The topological polar surface area (TPSA) is 103 Å². The molecule has 2 aromatic heterocycles. The maximum Gasteiger partial charge on any atom is 0.171 e. The van der Waals surface area contributed by atoms with E-state index in [1.54, 1.807) is 12.3 Å². The van der Waals surface area contributed by atoms with Crippen LogP contribution in [-0.2, 0) is 6.42 Å². The number of anilines is 1. The maximum atomic E-state index is 9.04. The lowest BCUT2D eigenvalue weighted by Crippen LogP contribution is -2.18. The lowest BCUT2D eigenvalue weighted by Gasteiger charge is -2.06. The Balaban J connectivity index is 1.72. The van der Waals surface area contributed by atoms with Crippen LogP contribution in [0.3, 0.4) is 0 Å². The second kappa shape index (κ2) is 9.63. The van der Waals surface area contributed by atoms with E-state index in [9.17, 15) is 0 Å². The Hall–Kier alpha value is -2.49. The number of hydrogen-bond donors (Lipinski definition) is 4. The predicted molar refractivity (Wildman–Crippen MR) is 115 cm³/mol. The quantitative estimate of drug-likeness (QED) is 0.226. The van der Waals surface area contributed by atoms with E-state index < -0.39 is 0 Å². The first-order valence-corrected chi connectivity index (χ1v) is 10.3. The predicted octanol–water partition coefficient (Wildman–Crippen LogP) is 4.33. The van der Waals surface area contributed by atoms with Gasteiger partial charge >= 0.3 is 0 Å². The molecule has 0 amide bonds. The lowest BCUT2D eigenvalue weighted by molar-refractivity contribution is 0.234. The molecule has 1 aromatic carbocycles. The van der Waals surface area contributed by atoms with Crippen molar-refractivity contribution in [2.75, 3.05) is 18.5 Å². The van der Waals surface area contributed by atoms with Crippen LogP contribution in [0.2, 0.25) is 0 Å². The number of hydroxylamine groups is 1. The van der Waals surface area contributed by atoms with Crippen LogP contribution in [-0.4, -0.2) is 34.2 Å². The SMILES string of the molecule is CCOc1cc(-c2nccc(NCCc3ccc(Br)cc3)n2)sc1C(=N)NO. The Bertz CT molecular complexity index is 946. The van der Waals surface area contributed by atoms with Gasteiger partial charge in [0.1, 0.15) is 16.4 Å². The van der Waals surface area contributed by atoms with Gasteiger partial charge in [-0.25, -0.2) is 9.97 Å². The van der Waals surface area contributed by atoms with Crippen LogP contribution in [0.5, 0.6) is 5.75 Å². The average molecular weight is 462 g/mol. The van der Waals surface area contributed by atoms with Gasteiger partial charge < -0.3 is 10.1 Å². The minimum Gasteiger partial charge on any atom is -0.492 e. The van der Waals surface area contributed by atoms with Crippen molar-refractivity contribution in [2.24, 2.45) is 0 Å². The van der Waals surface area contributed by atoms with Gasteiger partial charge in [0.25, 0.3) is 0 Å². The van der Waals surface area contributed by atoms with Crippen molar-refractivity contribution in [1.82, 2.24) is 15.4 Å². The molecule has 0 spiro atoms. The molecule has 2 heterocycles.